The van der Waals surface area contributed by atoms with E-state index in [1.165, 1.54) is 0 Å². The van der Waals surface area contributed by atoms with Gasteiger partial charge in [-0.2, -0.15) is 0 Å². The van der Waals surface area contributed by atoms with Crippen LogP contribution in [0.2, 0.25) is 5.02 Å². The average molecular weight is 315 g/mol. The SMILES string of the molecule is Cn1cc(Cl)cc1C(=O)Nc1ccc(Br)cn1. The summed E-state index contributed by atoms with van der Waals surface area (Å²) in [5.41, 5.74) is 0.486. The molecule has 0 saturated heterocycles. The quantitative estimate of drug-likeness (QED) is 0.926. The maximum absolute atomic E-state index is 11.9. The first-order valence-electron chi connectivity index (χ1n) is 4.81. The summed E-state index contributed by atoms with van der Waals surface area (Å²) in [6.45, 7) is 0. The van der Waals surface area contributed by atoms with Crippen molar-refractivity contribution in [3.63, 3.8) is 0 Å². The first kappa shape index (κ1) is 12.1. The van der Waals surface area contributed by atoms with E-state index < -0.39 is 0 Å². The van der Waals surface area contributed by atoms with E-state index in [-0.39, 0.29) is 5.91 Å². The summed E-state index contributed by atoms with van der Waals surface area (Å²) in [5, 5.41) is 3.22. The number of carbonyl (C=O) groups excluding carboxylic acids is 1. The fourth-order valence-corrected chi connectivity index (χ4v) is 1.86. The molecule has 0 aliphatic rings. The number of rotatable bonds is 2. The molecule has 4 nitrogen and oxygen atoms in total. The first-order chi connectivity index (χ1) is 8.06. The van der Waals surface area contributed by atoms with Crippen LogP contribution in [0.15, 0.2) is 35.1 Å². The molecule has 2 rings (SSSR count). The number of carbonyl (C=O) groups is 1. The Morgan fingerprint density at radius 2 is 2.29 bits per heavy atom. The second-order valence-corrected chi connectivity index (χ2v) is 4.82. The molecule has 2 heterocycles. The van der Waals surface area contributed by atoms with Gasteiger partial charge in [-0.1, -0.05) is 11.6 Å². The molecule has 1 amide bonds. The molecule has 1 N–H and O–H groups in total. The molecule has 0 aromatic carbocycles. The van der Waals surface area contributed by atoms with E-state index in [1.54, 1.807) is 42.2 Å². The van der Waals surface area contributed by atoms with Crippen LogP contribution in [0, 0.1) is 0 Å². The molecular formula is C11H9BrClN3O. The number of aryl methyl sites for hydroxylation is 1. The molecule has 17 heavy (non-hydrogen) atoms. The van der Waals surface area contributed by atoms with Crippen LogP contribution in [-0.2, 0) is 7.05 Å². The highest BCUT2D eigenvalue weighted by Gasteiger charge is 2.11. The summed E-state index contributed by atoms with van der Waals surface area (Å²) in [5.74, 6) is 0.254. The monoisotopic (exact) mass is 313 g/mol. The van der Waals surface area contributed by atoms with E-state index in [4.69, 9.17) is 11.6 Å². The Bertz CT molecular complexity index is 550. The van der Waals surface area contributed by atoms with Crippen LogP contribution in [0.3, 0.4) is 0 Å². The predicted octanol–water partition coefficient (Wildman–Crippen LogP) is 3.09. The Morgan fingerprint density at radius 1 is 1.53 bits per heavy atom. The van der Waals surface area contributed by atoms with E-state index >= 15 is 0 Å². The van der Waals surface area contributed by atoms with Gasteiger partial charge in [0.05, 0.1) is 5.02 Å². The molecule has 0 radical (unpaired) electrons. The van der Waals surface area contributed by atoms with Gasteiger partial charge in [0.2, 0.25) is 0 Å². The number of halogens is 2. The normalized spacial score (nSPS) is 10.3. The predicted molar refractivity (Wildman–Crippen MR) is 70.3 cm³/mol. The molecule has 0 spiro atoms. The number of nitrogens with one attached hydrogen (secondary N) is 1. The zero-order chi connectivity index (χ0) is 12.4. The van der Waals surface area contributed by atoms with Crippen LogP contribution in [0.25, 0.3) is 0 Å². The van der Waals surface area contributed by atoms with Gasteiger partial charge < -0.3 is 9.88 Å². The summed E-state index contributed by atoms with van der Waals surface area (Å²) >= 11 is 9.09. The Labute approximate surface area is 112 Å². The molecule has 0 aliphatic carbocycles. The van der Waals surface area contributed by atoms with Gasteiger partial charge in [0.25, 0.3) is 5.91 Å². The molecule has 0 atom stereocenters. The molecule has 0 saturated carbocycles. The Balaban J connectivity index is 2.17. The molecule has 2 aromatic heterocycles. The highest BCUT2D eigenvalue weighted by molar-refractivity contribution is 9.10. The number of hydrogen-bond donors (Lipinski definition) is 1. The van der Waals surface area contributed by atoms with Crippen LogP contribution < -0.4 is 5.32 Å². The lowest BCUT2D eigenvalue weighted by Gasteiger charge is -2.04. The zero-order valence-corrected chi connectivity index (χ0v) is 11.3. The molecule has 0 aliphatic heterocycles. The van der Waals surface area contributed by atoms with Crippen molar-refractivity contribution in [2.24, 2.45) is 7.05 Å². The minimum absolute atomic E-state index is 0.241. The van der Waals surface area contributed by atoms with Gasteiger partial charge in [-0.15, -0.1) is 0 Å². The summed E-state index contributed by atoms with van der Waals surface area (Å²) in [6.07, 6.45) is 3.29. The van der Waals surface area contributed by atoms with Gasteiger partial charge in [-0.3, -0.25) is 4.79 Å². The van der Waals surface area contributed by atoms with Gasteiger partial charge in [-0.25, -0.2) is 4.98 Å². The minimum atomic E-state index is -0.241. The first-order valence-corrected chi connectivity index (χ1v) is 5.98. The topological polar surface area (TPSA) is 46.9 Å². The largest absolute Gasteiger partial charge is 0.345 e. The van der Waals surface area contributed by atoms with Crippen molar-refractivity contribution in [3.05, 3.63) is 45.8 Å². The number of hydrogen-bond acceptors (Lipinski definition) is 2. The fraction of sp³-hybridized carbons (Fsp3) is 0.0909. The van der Waals surface area contributed by atoms with Gasteiger partial charge in [0, 0.05) is 23.9 Å². The van der Waals surface area contributed by atoms with Crippen molar-refractivity contribution >= 4 is 39.3 Å². The van der Waals surface area contributed by atoms with Crippen LogP contribution in [0.4, 0.5) is 5.82 Å². The average Bonchev–Trinajstić information content (AvgIpc) is 2.61. The number of anilines is 1. The second-order valence-electron chi connectivity index (χ2n) is 3.47. The maximum Gasteiger partial charge on any atom is 0.273 e. The van der Waals surface area contributed by atoms with Crippen LogP contribution in [0.5, 0.6) is 0 Å². The standard InChI is InChI=1S/C11H9BrClN3O/c1-16-6-8(13)4-9(16)11(17)15-10-3-2-7(12)5-14-10/h2-6H,1H3,(H,14,15,17). The molecular weight excluding hydrogens is 305 g/mol. The fourth-order valence-electron chi connectivity index (χ4n) is 1.38. The van der Waals surface area contributed by atoms with Crippen molar-refractivity contribution in [3.8, 4) is 0 Å². The molecule has 2 aromatic rings. The van der Waals surface area contributed by atoms with E-state index in [0.29, 0.717) is 16.5 Å². The number of amides is 1. The highest BCUT2D eigenvalue weighted by atomic mass is 79.9. The van der Waals surface area contributed by atoms with E-state index in [9.17, 15) is 4.79 Å². The summed E-state index contributed by atoms with van der Waals surface area (Å²) < 4.78 is 2.52. The Kier molecular flexibility index (Phi) is 3.49. The van der Waals surface area contributed by atoms with Crippen molar-refractivity contribution in [2.75, 3.05) is 5.32 Å². The minimum Gasteiger partial charge on any atom is -0.345 e. The molecule has 0 fully saturated rings. The Morgan fingerprint density at radius 3 is 2.82 bits per heavy atom. The second kappa shape index (κ2) is 4.89. The molecule has 6 heteroatoms. The molecule has 88 valence electrons. The van der Waals surface area contributed by atoms with E-state index in [0.717, 1.165) is 4.47 Å². The smallest absolute Gasteiger partial charge is 0.273 e. The van der Waals surface area contributed by atoms with Crippen molar-refractivity contribution in [2.45, 2.75) is 0 Å². The third-order valence-corrected chi connectivity index (χ3v) is 2.85. The van der Waals surface area contributed by atoms with Gasteiger partial charge in [0.1, 0.15) is 11.5 Å². The lowest BCUT2D eigenvalue weighted by Crippen LogP contribution is -2.15. The van der Waals surface area contributed by atoms with Crippen molar-refractivity contribution in [1.82, 2.24) is 9.55 Å². The lowest BCUT2D eigenvalue weighted by atomic mass is 10.4. The third-order valence-electron chi connectivity index (χ3n) is 2.17. The number of aromatic nitrogens is 2. The number of pyridine rings is 1. The summed E-state index contributed by atoms with van der Waals surface area (Å²) in [6, 6.07) is 5.13. The highest BCUT2D eigenvalue weighted by Crippen LogP contribution is 2.15. The summed E-state index contributed by atoms with van der Waals surface area (Å²) in [7, 11) is 1.76. The van der Waals surface area contributed by atoms with Crippen LogP contribution in [-0.4, -0.2) is 15.5 Å². The van der Waals surface area contributed by atoms with Crippen molar-refractivity contribution in [1.29, 1.82) is 0 Å². The molecule has 0 unspecified atom stereocenters. The molecule has 0 bridgehead atoms. The van der Waals surface area contributed by atoms with E-state index in [1.807, 2.05) is 0 Å². The zero-order valence-electron chi connectivity index (χ0n) is 8.95. The van der Waals surface area contributed by atoms with Gasteiger partial charge in [0.15, 0.2) is 0 Å². The van der Waals surface area contributed by atoms with Crippen LogP contribution in [0.1, 0.15) is 10.5 Å². The van der Waals surface area contributed by atoms with Crippen LogP contribution >= 0.6 is 27.5 Å². The summed E-state index contributed by atoms with van der Waals surface area (Å²) in [4.78, 5) is 16.0. The van der Waals surface area contributed by atoms with Gasteiger partial charge in [-0.05, 0) is 34.1 Å². The maximum atomic E-state index is 11.9. The number of nitrogens with zero attached hydrogens (tertiary/aromatic N) is 2. The van der Waals surface area contributed by atoms with Crippen molar-refractivity contribution < 1.29 is 4.79 Å². The third kappa shape index (κ3) is 2.87. The van der Waals surface area contributed by atoms with E-state index in [2.05, 4.69) is 26.2 Å². The lowest BCUT2D eigenvalue weighted by molar-refractivity contribution is 0.101. The Hall–Kier alpha value is -1.33. The van der Waals surface area contributed by atoms with Gasteiger partial charge >= 0.3 is 0 Å².